The summed E-state index contributed by atoms with van der Waals surface area (Å²) in [5, 5.41) is 2.75. The molecule has 0 unspecified atom stereocenters. The number of rotatable bonds is 3. The Bertz CT molecular complexity index is 387. The van der Waals surface area contributed by atoms with Crippen LogP contribution in [0, 0.1) is 0 Å². The Morgan fingerprint density at radius 3 is 2.27 bits per heavy atom. The van der Waals surface area contributed by atoms with Crippen molar-refractivity contribution in [3.63, 3.8) is 0 Å². The van der Waals surface area contributed by atoms with Gasteiger partial charge in [0.15, 0.2) is 0 Å². The molecule has 2 amide bonds. The Labute approximate surface area is 96.3 Å². The summed E-state index contributed by atoms with van der Waals surface area (Å²) in [6.07, 6.45) is 0. The monoisotopic (exact) mass is 246 g/mol. The van der Waals surface area contributed by atoms with Crippen molar-refractivity contribution >= 4 is 35.0 Å². The van der Waals surface area contributed by atoms with Crippen molar-refractivity contribution in [2.45, 2.75) is 0 Å². The smallest absolute Gasteiger partial charge is 0.254 e. The quantitative estimate of drug-likeness (QED) is 0.842. The van der Waals surface area contributed by atoms with Crippen molar-refractivity contribution in [2.75, 3.05) is 6.54 Å². The predicted molar refractivity (Wildman–Crippen MR) is 58.0 cm³/mol. The first kappa shape index (κ1) is 11.8. The molecule has 0 heterocycles. The van der Waals surface area contributed by atoms with E-state index in [1.54, 1.807) is 6.07 Å². The number of carbonyl (C=O) groups is 2. The molecule has 0 spiro atoms. The number of hydrogen-bond donors (Lipinski definition) is 2. The summed E-state index contributed by atoms with van der Waals surface area (Å²) in [6.45, 7) is -0.250. The molecule has 3 N–H and O–H groups in total. The predicted octanol–water partition coefficient (Wildman–Crippen LogP) is 1.21. The minimum atomic E-state index is -0.633. The molecule has 1 rings (SSSR count). The summed E-state index contributed by atoms with van der Waals surface area (Å²) in [7, 11) is 0. The highest BCUT2D eigenvalue weighted by Crippen LogP contribution is 2.23. The summed E-state index contributed by atoms with van der Waals surface area (Å²) in [5.74, 6) is -1.16. The maximum Gasteiger partial charge on any atom is 0.254 e. The SMILES string of the molecule is NC(=O)CNC(=O)c1c(Cl)cccc1Cl. The highest BCUT2D eigenvalue weighted by atomic mass is 35.5. The Balaban J connectivity index is 2.86. The van der Waals surface area contributed by atoms with Crippen molar-refractivity contribution in [3.05, 3.63) is 33.8 Å². The molecular weight excluding hydrogens is 239 g/mol. The lowest BCUT2D eigenvalue weighted by molar-refractivity contribution is -0.117. The first-order valence-corrected chi connectivity index (χ1v) is 4.78. The van der Waals surface area contributed by atoms with Crippen LogP contribution in [-0.2, 0) is 4.79 Å². The van der Waals surface area contributed by atoms with Crippen LogP contribution >= 0.6 is 23.2 Å². The van der Waals surface area contributed by atoms with E-state index in [9.17, 15) is 9.59 Å². The summed E-state index contributed by atoms with van der Waals surface area (Å²) < 4.78 is 0. The zero-order valence-electron chi connectivity index (χ0n) is 7.59. The second-order valence-electron chi connectivity index (χ2n) is 2.75. The summed E-state index contributed by atoms with van der Waals surface area (Å²) in [4.78, 5) is 21.9. The maximum atomic E-state index is 11.5. The van der Waals surface area contributed by atoms with Gasteiger partial charge in [-0.2, -0.15) is 0 Å². The van der Waals surface area contributed by atoms with Gasteiger partial charge in [-0.15, -0.1) is 0 Å². The number of carbonyl (C=O) groups excluding carboxylic acids is 2. The summed E-state index contributed by atoms with van der Waals surface area (Å²) in [6, 6.07) is 4.69. The van der Waals surface area contributed by atoms with Crippen molar-refractivity contribution in [1.29, 1.82) is 0 Å². The van der Waals surface area contributed by atoms with Gasteiger partial charge in [0, 0.05) is 0 Å². The van der Waals surface area contributed by atoms with Gasteiger partial charge in [0.2, 0.25) is 5.91 Å². The van der Waals surface area contributed by atoms with Gasteiger partial charge in [-0.25, -0.2) is 0 Å². The molecule has 0 saturated heterocycles. The Morgan fingerprint density at radius 2 is 1.80 bits per heavy atom. The van der Waals surface area contributed by atoms with Gasteiger partial charge >= 0.3 is 0 Å². The van der Waals surface area contributed by atoms with Gasteiger partial charge in [0.05, 0.1) is 22.2 Å². The first-order chi connectivity index (χ1) is 7.02. The fourth-order valence-electron chi connectivity index (χ4n) is 0.971. The second kappa shape index (κ2) is 5.00. The normalized spacial score (nSPS) is 9.73. The van der Waals surface area contributed by atoms with Gasteiger partial charge in [-0.05, 0) is 12.1 Å². The largest absolute Gasteiger partial charge is 0.368 e. The van der Waals surface area contributed by atoms with Crippen molar-refractivity contribution in [1.82, 2.24) is 5.32 Å². The van der Waals surface area contributed by atoms with E-state index in [1.807, 2.05) is 0 Å². The van der Waals surface area contributed by atoms with E-state index in [-0.39, 0.29) is 22.2 Å². The number of halogens is 2. The molecule has 0 radical (unpaired) electrons. The van der Waals surface area contributed by atoms with Gasteiger partial charge in [-0.3, -0.25) is 9.59 Å². The molecule has 0 fully saturated rings. The fraction of sp³-hybridized carbons (Fsp3) is 0.111. The van der Waals surface area contributed by atoms with E-state index in [0.717, 1.165) is 0 Å². The number of primary amides is 1. The standard InChI is InChI=1S/C9H8Cl2N2O2/c10-5-2-1-3-6(11)8(5)9(15)13-4-7(12)14/h1-3H,4H2,(H2,12,14)(H,13,15). The van der Waals surface area contributed by atoms with Crippen LogP contribution in [0.4, 0.5) is 0 Å². The average molecular weight is 247 g/mol. The summed E-state index contributed by atoms with van der Waals surface area (Å²) in [5.41, 5.74) is 5.02. The maximum absolute atomic E-state index is 11.5. The zero-order valence-corrected chi connectivity index (χ0v) is 9.10. The number of hydrogen-bond acceptors (Lipinski definition) is 2. The molecule has 0 aliphatic carbocycles. The molecule has 0 aliphatic heterocycles. The third-order valence-electron chi connectivity index (χ3n) is 1.61. The van der Waals surface area contributed by atoms with E-state index in [0.29, 0.717) is 0 Å². The number of nitrogens with two attached hydrogens (primary N) is 1. The molecule has 1 aromatic carbocycles. The Hall–Kier alpha value is -1.26. The Kier molecular flexibility index (Phi) is 3.94. The van der Waals surface area contributed by atoms with Gasteiger partial charge in [-0.1, -0.05) is 29.3 Å². The average Bonchev–Trinajstić information content (AvgIpc) is 2.14. The third kappa shape index (κ3) is 3.11. The van der Waals surface area contributed by atoms with Crippen LogP contribution in [0.3, 0.4) is 0 Å². The van der Waals surface area contributed by atoms with Gasteiger partial charge in [0.25, 0.3) is 5.91 Å². The lowest BCUT2D eigenvalue weighted by atomic mass is 10.2. The van der Waals surface area contributed by atoms with Crippen molar-refractivity contribution in [3.8, 4) is 0 Å². The molecule has 6 heteroatoms. The number of nitrogens with one attached hydrogen (secondary N) is 1. The lowest BCUT2D eigenvalue weighted by Gasteiger charge is -2.06. The van der Waals surface area contributed by atoms with E-state index in [1.165, 1.54) is 12.1 Å². The minimum absolute atomic E-state index is 0.141. The third-order valence-corrected chi connectivity index (χ3v) is 2.24. The molecule has 1 aromatic rings. The van der Waals surface area contributed by atoms with Gasteiger partial charge < -0.3 is 11.1 Å². The topological polar surface area (TPSA) is 72.2 Å². The molecule has 15 heavy (non-hydrogen) atoms. The lowest BCUT2D eigenvalue weighted by Crippen LogP contribution is -2.33. The molecule has 0 atom stereocenters. The van der Waals surface area contributed by atoms with E-state index < -0.39 is 11.8 Å². The van der Waals surface area contributed by atoms with Crippen LogP contribution < -0.4 is 11.1 Å². The van der Waals surface area contributed by atoms with E-state index in [4.69, 9.17) is 28.9 Å². The van der Waals surface area contributed by atoms with Crippen LogP contribution in [-0.4, -0.2) is 18.4 Å². The van der Waals surface area contributed by atoms with Crippen molar-refractivity contribution in [2.24, 2.45) is 5.73 Å². The molecule has 4 nitrogen and oxygen atoms in total. The highest BCUT2D eigenvalue weighted by Gasteiger charge is 2.14. The van der Waals surface area contributed by atoms with Crippen LogP contribution in [0.15, 0.2) is 18.2 Å². The first-order valence-electron chi connectivity index (χ1n) is 4.03. The van der Waals surface area contributed by atoms with E-state index >= 15 is 0 Å². The second-order valence-corrected chi connectivity index (χ2v) is 3.56. The van der Waals surface area contributed by atoms with Gasteiger partial charge in [0.1, 0.15) is 0 Å². The van der Waals surface area contributed by atoms with Crippen LogP contribution in [0.2, 0.25) is 10.0 Å². The molecular formula is C9H8Cl2N2O2. The molecule has 0 aromatic heterocycles. The molecule has 0 bridgehead atoms. The van der Waals surface area contributed by atoms with Crippen LogP contribution in [0.25, 0.3) is 0 Å². The van der Waals surface area contributed by atoms with Crippen molar-refractivity contribution < 1.29 is 9.59 Å². The highest BCUT2D eigenvalue weighted by molar-refractivity contribution is 6.39. The summed E-state index contributed by atoms with van der Waals surface area (Å²) >= 11 is 11.6. The molecule has 0 aliphatic rings. The van der Waals surface area contributed by atoms with Crippen LogP contribution in [0.5, 0.6) is 0 Å². The minimum Gasteiger partial charge on any atom is -0.368 e. The van der Waals surface area contributed by atoms with E-state index in [2.05, 4.69) is 5.32 Å². The number of benzene rings is 1. The molecule has 80 valence electrons. The Morgan fingerprint density at radius 1 is 1.27 bits per heavy atom. The zero-order chi connectivity index (χ0) is 11.4. The fourth-order valence-corrected chi connectivity index (χ4v) is 1.54. The molecule has 0 saturated carbocycles. The number of amides is 2. The van der Waals surface area contributed by atoms with Crippen LogP contribution in [0.1, 0.15) is 10.4 Å².